The first-order valence-corrected chi connectivity index (χ1v) is 9.15. The summed E-state index contributed by atoms with van der Waals surface area (Å²) in [5.41, 5.74) is 1.14. The average molecular weight is 363 g/mol. The molecule has 0 unspecified atom stereocenters. The summed E-state index contributed by atoms with van der Waals surface area (Å²) in [7, 11) is -2.43. The second kappa shape index (κ2) is 7.62. The Balaban J connectivity index is 2.36. The van der Waals surface area contributed by atoms with Crippen molar-refractivity contribution in [3.05, 3.63) is 47.7 Å². The Morgan fingerprint density at radius 2 is 1.92 bits per heavy atom. The summed E-state index contributed by atoms with van der Waals surface area (Å²) < 4.78 is 32.5. The van der Waals surface area contributed by atoms with Crippen LogP contribution >= 0.6 is 0 Å². The average Bonchev–Trinajstić information content (AvgIpc) is 2.53. The van der Waals surface area contributed by atoms with Crippen LogP contribution in [0.25, 0.3) is 0 Å². The van der Waals surface area contributed by atoms with Gasteiger partial charge in [-0.1, -0.05) is 0 Å². The minimum Gasteiger partial charge on any atom is -0.495 e. The minimum absolute atomic E-state index is 0.0893. The van der Waals surface area contributed by atoms with Gasteiger partial charge < -0.3 is 10.1 Å². The van der Waals surface area contributed by atoms with Gasteiger partial charge in [-0.15, -0.1) is 0 Å². The van der Waals surface area contributed by atoms with Gasteiger partial charge in [0.2, 0.25) is 10.0 Å². The standard InChI is InChI=1S/C17H21N3O4S/c1-11(2)20-25(22,23)15-10-13(5-6-14(15)24-4)17(21)19-16-9-12(3)7-8-18-16/h5-11,20H,1-4H3,(H,18,19,21). The Hall–Kier alpha value is -2.45. The number of nitrogens with one attached hydrogen (secondary N) is 2. The number of sulfonamides is 1. The number of carbonyl (C=O) groups is 1. The Morgan fingerprint density at radius 3 is 2.52 bits per heavy atom. The van der Waals surface area contributed by atoms with Crippen LogP contribution in [0, 0.1) is 6.92 Å². The topological polar surface area (TPSA) is 97.4 Å². The number of rotatable bonds is 6. The van der Waals surface area contributed by atoms with Crippen LogP contribution in [0.2, 0.25) is 0 Å². The summed E-state index contributed by atoms with van der Waals surface area (Å²) >= 11 is 0. The molecule has 0 fully saturated rings. The lowest BCUT2D eigenvalue weighted by Crippen LogP contribution is -2.30. The molecule has 0 saturated heterocycles. The zero-order chi connectivity index (χ0) is 18.6. The first-order valence-electron chi connectivity index (χ1n) is 7.67. The highest BCUT2D eigenvalue weighted by Gasteiger charge is 2.22. The van der Waals surface area contributed by atoms with E-state index in [0.29, 0.717) is 5.82 Å². The van der Waals surface area contributed by atoms with E-state index in [-0.39, 0.29) is 22.3 Å². The van der Waals surface area contributed by atoms with Crippen molar-refractivity contribution in [1.29, 1.82) is 0 Å². The molecule has 7 nitrogen and oxygen atoms in total. The highest BCUT2D eigenvalue weighted by atomic mass is 32.2. The number of carbonyl (C=O) groups excluding carboxylic acids is 1. The molecule has 2 N–H and O–H groups in total. The molecule has 0 atom stereocenters. The normalized spacial score (nSPS) is 11.4. The molecule has 2 aromatic rings. The quantitative estimate of drug-likeness (QED) is 0.821. The Labute approximate surface area is 147 Å². The highest BCUT2D eigenvalue weighted by molar-refractivity contribution is 7.89. The summed E-state index contributed by atoms with van der Waals surface area (Å²) in [5, 5.41) is 2.65. The fourth-order valence-electron chi connectivity index (χ4n) is 2.19. The number of aromatic nitrogens is 1. The third-order valence-electron chi connectivity index (χ3n) is 3.26. The van der Waals surface area contributed by atoms with Gasteiger partial charge >= 0.3 is 0 Å². The van der Waals surface area contributed by atoms with Gasteiger partial charge in [0.15, 0.2) is 0 Å². The third-order valence-corrected chi connectivity index (χ3v) is 4.94. The van der Waals surface area contributed by atoms with Crippen LogP contribution in [-0.2, 0) is 10.0 Å². The summed E-state index contributed by atoms with van der Waals surface area (Å²) in [6.45, 7) is 5.31. The van der Waals surface area contributed by atoms with Crippen LogP contribution in [0.5, 0.6) is 5.75 Å². The van der Waals surface area contributed by atoms with Crippen molar-refractivity contribution >= 4 is 21.7 Å². The van der Waals surface area contributed by atoms with E-state index in [0.717, 1.165) is 5.56 Å². The number of pyridine rings is 1. The van der Waals surface area contributed by atoms with Crippen molar-refractivity contribution in [3.63, 3.8) is 0 Å². The molecular formula is C17H21N3O4S. The van der Waals surface area contributed by atoms with Gasteiger partial charge in [0.05, 0.1) is 7.11 Å². The maximum Gasteiger partial charge on any atom is 0.256 e. The molecule has 1 heterocycles. The van der Waals surface area contributed by atoms with E-state index in [9.17, 15) is 13.2 Å². The van der Waals surface area contributed by atoms with E-state index >= 15 is 0 Å². The molecule has 0 spiro atoms. The predicted molar refractivity (Wildman–Crippen MR) is 95.4 cm³/mol. The molecule has 1 aromatic carbocycles. The molecule has 8 heteroatoms. The van der Waals surface area contributed by atoms with Crippen molar-refractivity contribution in [2.24, 2.45) is 0 Å². The second-order valence-corrected chi connectivity index (χ2v) is 7.50. The molecule has 0 aliphatic heterocycles. The lowest BCUT2D eigenvalue weighted by molar-refractivity contribution is 0.102. The van der Waals surface area contributed by atoms with Gasteiger partial charge in [0.1, 0.15) is 16.5 Å². The summed E-state index contributed by atoms with van der Waals surface area (Å²) in [6, 6.07) is 7.48. The maximum absolute atomic E-state index is 12.5. The molecule has 0 radical (unpaired) electrons. The van der Waals surface area contributed by atoms with Gasteiger partial charge in [-0.3, -0.25) is 4.79 Å². The molecule has 0 saturated carbocycles. The largest absolute Gasteiger partial charge is 0.495 e. The minimum atomic E-state index is -3.81. The molecule has 134 valence electrons. The van der Waals surface area contributed by atoms with Crippen LogP contribution in [0.4, 0.5) is 5.82 Å². The second-order valence-electron chi connectivity index (χ2n) is 5.81. The van der Waals surface area contributed by atoms with Crippen molar-refractivity contribution in [2.75, 3.05) is 12.4 Å². The van der Waals surface area contributed by atoms with Gasteiger partial charge in [-0.2, -0.15) is 0 Å². The molecule has 1 amide bonds. The van der Waals surface area contributed by atoms with Crippen LogP contribution < -0.4 is 14.8 Å². The number of amides is 1. The lowest BCUT2D eigenvalue weighted by atomic mass is 10.2. The van der Waals surface area contributed by atoms with E-state index in [2.05, 4.69) is 15.0 Å². The summed E-state index contributed by atoms with van der Waals surface area (Å²) in [4.78, 5) is 16.4. The number of hydrogen-bond donors (Lipinski definition) is 2. The van der Waals surface area contributed by atoms with Gasteiger partial charge in [0.25, 0.3) is 5.91 Å². The zero-order valence-electron chi connectivity index (χ0n) is 14.5. The van der Waals surface area contributed by atoms with Gasteiger partial charge in [-0.25, -0.2) is 18.1 Å². The highest BCUT2D eigenvalue weighted by Crippen LogP contribution is 2.25. The number of ether oxygens (including phenoxy) is 1. The van der Waals surface area contributed by atoms with E-state index in [1.165, 1.54) is 25.3 Å². The van der Waals surface area contributed by atoms with Crippen LogP contribution in [-0.4, -0.2) is 32.5 Å². The van der Waals surface area contributed by atoms with Crippen molar-refractivity contribution in [2.45, 2.75) is 31.7 Å². The third kappa shape index (κ3) is 4.77. The molecule has 0 aliphatic rings. The fourth-order valence-corrected chi connectivity index (χ4v) is 3.64. The number of anilines is 1. The van der Waals surface area contributed by atoms with Crippen LogP contribution in [0.15, 0.2) is 41.4 Å². The molecule has 1 aromatic heterocycles. The number of nitrogens with zero attached hydrogens (tertiary/aromatic N) is 1. The van der Waals surface area contributed by atoms with Gasteiger partial charge in [0, 0.05) is 17.8 Å². The maximum atomic E-state index is 12.5. The van der Waals surface area contributed by atoms with Crippen molar-refractivity contribution in [1.82, 2.24) is 9.71 Å². The summed E-state index contributed by atoms with van der Waals surface area (Å²) in [5.74, 6) is 0.102. The summed E-state index contributed by atoms with van der Waals surface area (Å²) in [6.07, 6.45) is 1.58. The lowest BCUT2D eigenvalue weighted by Gasteiger charge is -2.14. The van der Waals surface area contributed by atoms with E-state index in [1.54, 1.807) is 26.1 Å². The predicted octanol–water partition coefficient (Wildman–Crippen LogP) is 2.34. The fraction of sp³-hybridized carbons (Fsp3) is 0.294. The van der Waals surface area contributed by atoms with E-state index in [1.807, 2.05) is 13.0 Å². The number of benzene rings is 1. The SMILES string of the molecule is COc1ccc(C(=O)Nc2cc(C)ccn2)cc1S(=O)(=O)NC(C)C. The van der Waals surface area contributed by atoms with Crippen molar-refractivity contribution in [3.8, 4) is 5.75 Å². The van der Waals surface area contributed by atoms with Crippen LogP contribution in [0.3, 0.4) is 0 Å². The van der Waals surface area contributed by atoms with E-state index < -0.39 is 15.9 Å². The number of methoxy groups -OCH3 is 1. The smallest absolute Gasteiger partial charge is 0.256 e. The Morgan fingerprint density at radius 1 is 1.20 bits per heavy atom. The first-order chi connectivity index (χ1) is 11.7. The molecular weight excluding hydrogens is 342 g/mol. The van der Waals surface area contributed by atoms with E-state index in [4.69, 9.17) is 4.74 Å². The first kappa shape index (κ1) is 18.9. The zero-order valence-corrected chi connectivity index (χ0v) is 15.3. The Bertz CT molecular complexity index is 879. The Kier molecular flexibility index (Phi) is 5.76. The number of hydrogen-bond acceptors (Lipinski definition) is 5. The molecule has 2 rings (SSSR count). The van der Waals surface area contributed by atoms with Crippen LogP contribution in [0.1, 0.15) is 29.8 Å². The molecule has 25 heavy (non-hydrogen) atoms. The molecule has 0 aliphatic carbocycles. The van der Waals surface area contributed by atoms with Crippen molar-refractivity contribution < 1.29 is 17.9 Å². The monoisotopic (exact) mass is 363 g/mol. The molecule has 0 bridgehead atoms. The number of aryl methyl sites for hydroxylation is 1. The van der Waals surface area contributed by atoms with Gasteiger partial charge in [-0.05, 0) is 56.7 Å².